The Bertz CT molecular complexity index is 520. The van der Waals surface area contributed by atoms with Crippen molar-refractivity contribution in [2.75, 3.05) is 11.9 Å². The summed E-state index contributed by atoms with van der Waals surface area (Å²) in [5.74, 6) is 0.314. The Hall–Kier alpha value is -2.37. The lowest BCUT2D eigenvalue weighted by Gasteiger charge is -2.22. The Morgan fingerprint density at radius 3 is 2.40 bits per heavy atom. The van der Waals surface area contributed by atoms with E-state index in [2.05, 4.69) is 11.9 Å². The molecule has 0 fully saturated rings. The molecule has 0 saturated carbocycles. The highest BCUT2D eigenvalue weighted by Gasteiger charge is 2.24. The number of nitro groups is 1. The number of hydrogen-bond donors (Lipinski definition) is 1. The second-order valence-corrected chi connectivity index (χ2v) is 5.08. The first kappa shape index (κ1) is 15.7. The summed E-state index contributed by atoms with van der Waals surface area (Å²) in [6, 6.07) is 5.88. The number of rotatable bonds is 7. The molecule has 0 saturated heterocycles. The number of hydrogen-bond acceptors (Lipinski definition) is 5. The van der Waals surface area contributed by atoms with Crippen LogP contribution in [0, 0.1) is 15.5 Å². The maximum atomic E-state index is 11.3. The molecule has 0 amide bonds. The normalized spacial score (nSPS) is 10.8. The molecular formula is C14H18N2O4. The third kappa shape index (κ3) is 4.38. The predicted molar refractivity (Wildman–Crippen MR) is 76.3 cm³/mol. The topological polar surface area (TPSA) is 81.5 Å². The molecular weight excluding hydrogens is 260 g/mol. The number of ether oxygens (including phenoxy) is 1. The van der Waals surface area contributed by atoms with E-state index in [1.54, 1.807) is 26.0 Å². The summed E-state index contributed by atoms with van der Waals surface area (Å²) < 4.78 is 5.39. The third-order valence-corrected chi connectivity index (χ3v) is 2.92. The molecule has 0 aromatic heterocycles. The zero-order valence-electron chi connectivity index (χ0n) is 11.8. The molecule has 6 nitrogen and oxygen atoms in total. The number of ketones is 1. The molecule has 1 aromatic carbocycles. The van der Waals surface area contributed by atoms with Crippen molar-refractivity contribution in [2.24, 2.45) is 5.41 Å². The van der Waals surface area contributed by atoms with E-state index in [0.717, 1.165) is 0 Å². The lowest BCUT2D eigenvalue weighted by Crippen LogP contribution is -2.27. The number of benzene rings is 1. The van der Waals surface area contributed by atoms with Crippen LogP contribution in [0.1, 0.15) is 20.8 Å². The SMILES string of the molecule is C=C(Nc1ccc([N+](=O)[O-])cc1)OCC(C)(C)C(C)=O. The van der Waals surface area contributed by atoms with Crippen LogP contribution in [0.5, 0.6) is 0 Å². The van der Waals surface area contributed by atoms with Crippen molar-refractivity contribution in [1.29, 1.82) is 0 Å². The fourth-order valence-corrected chi connectivity index (χ4v) is 1.23. The van der Waals surface area contributed by atoms with Crippen LogP contribution in [0.2, 0.25) is 0 Å². The van der Waals surface area contributed by atoms with E-state index < -0.39 is 10.3 Å². The first-order valence-corrected chi connectivity index (χ1v) is 6.06. The van der Waals surface area contributed by atoms with Crippen LogP contribution in [-0.4, -0.2) is 17.3 Å². The third-order valence-electron chi connectivity index (χ3n) is 2.92. The summed E-state index contributed by atoms with van der Waals surface area (Å²) in [7, 11) is 0. The largest absolute Gasteiger partial charge is 0.478 e. The van der Waals surface area contributed by atoms with E-state index in [-0.39, 0.29) is 24.0 Å². The van der Waals surface area contributed by atoms with Crippen molar-refractivity contribution >= 4 is 17.2 Å². The van der Waals surface area contributed by atoms with Gasteiger partial charge in [0.15, 0.2) is 5.88 Å². The fourth-order valence-electron chi connectivity index (χ4n) is 1.23. The molecule has 1 N–H and O–H groups in total. The molecule has 0 aliphatic rings. The van der Waals surface area contributed by atoms with Gasteiger partial charge < -0.3 is 10.1 Å². The van der Waals surface area contributed by atoms with E-state index in [9.17, 15) is 14.9 Å². The maximum Gasteiger partial charge on any atom is 0.269 e. The van der Waals surface area contributed by atoms with Crippen LogP contribution in [0.3, 0.4) is 0 Å². The standard InChI is InChI=1S/C14H18N2O4/c1-10(17)14(3,4)9-20-11(2)15-12-5-7-13(8-6-12)16(18)19/h5-8,15H,2,9H2,1,3-4H3. The minimum Gasteiger partial charge on any atom is -0.478 e. The van der Waals surface area contributed by atoms with Gasteiger partial charge in [-0.25, -0.2) is 0 Å². The van der Waals surface area contributed by atoms with Gasteiger partial charge in [0, 0.05) is 17.8 Å². The molecule has 1 rings (SSSR count). The molecule has 0 unspecified atom stereocenters. The summed E-state index contributed by atoms with van der Waals surface area (Å²) >= 11 is 0. The van der Waals surface area contributed by atoms with E-state index in [1.165, 1.54) is 19.1 Å². The minimum absolute atomic E-state index is 0.0137. The second kappa shape index (κ2) is 6.18. The van der Waals surface area contributed by atoms with Crippen molar-refractivity contribution in [3.8, 4) is 0 Å². The van der Waals surface area contributed by atoms with Gasteiger partial charge in [-0.05, 0) is 39.5 Å². The van der Waals surface area contributed by atoms with Gasteiger partial charge in [-0.15, -0.1) is 0 Å². The zero-order chi connectivity index (χ0) is 15.3. The number of nitrogens with zero attached hydrogens (tertiary/aromatic N) is 1. The molecule has 6 heteroatoms. The van der Waals surface area contributed by atoms with E-state index in [4.69, 9.17) is 4.74 Å². The van der Waals surface area contributed by atoms with Crippen LogP contribution in [0.25, 0.3) is 0 Å². The van der Waals surface area contributed by atoms with E-state index >= 15 is 0 Å². The Morgan fingerprint density at radius 1 is 1.40 bits per heavy atom. The van der Waals surface area contributed by atoms with Crippen LogP contribution < -0.4 is 5.32 Å². The first-order chi connectivity index (χ1) is 9.22. The summed E-state index contributed by atoms with van der Waals surface area (Å²) in [6.07, 6.45) is 0. The molecule has 0 heterocycles. The summed E-state index contributed by atoms with van der Waals surface area (Å²) in [6.45, 7) is 8.98. The van der Waals surface area contributed by atoms with Gasteiger partial charge in [0.05, 0.1) is 10.3 Å². The zero-order valence-corrected chi connectivity index (χ0v) is 11.8. The van der Waals surface area contributed by atoms with E-state index in [1.807, 2.05) is 0 Å². The van der Waals surface area contributed by atoms with Crippen molar-refractivity contribution in [3.63, 3.8) is 0 Å². The van der Waals surface area contributed by atoms with Gasteiger partial charge in [-0.1, -0.05) is 0 Å². The van der Waals surface area contributed by atoms with Gasteiger partial charge in [-0.2, -0.15) is 0 Å². The van der Waals surface area contributed by atoms with Gasteiger partial charge in [0.25, 0.3) is 5.69 Å². The Labute approximate surface area is 117 Å². The molecule has 0 atom stereocenters. The average molecular weight is 278 g/mol. The van der Waals surface area contributed by atoms with Gasteiger partial charge >= 0.3 is 0 Å². The number of Topliss-reactive ketones (excluding diaryl/α,β-unsaturated/α-hetero) is 1. The summed E-state index contributed by atoms with van der Waals surface area (Å²) in [5, 5.41) is 13.4. The summed E-state index contributed by atoms with van der Waals surface area (Å²) in [5.41, 5.74) is 0.0566. The number of anilines is 1. The van der Waals surface area contributed by atoms with Crippen LogP contribution in [-0.2, 0) is 9.53 Å². The van der Waals surface area contributed by atoms with Crippen molar-refractivity contribution < 1.29 is 14.5 Å². The van der Waals surface area contributed by atoms with Crippen LogP contribution in [0.4, 0.5) is 11.4 Å². The van der Waals surface area contributed by atoms with Gasteiger partial charge in [0.1, 0.15) is 12.4 Å². The minimum atomic E-state index is -0.583. The molecule has 0 aliphatic carbocycles. The number of carbonyl (C=O) groups is 1. The molecule has 0 aliphatic heterocycles. The highest BCUT2D eigenvalue weighted by Crippen LogP contribution is 2.20. The molecule has 0 radical (unpaired) electrons. The Kier molecular flexibility index (Phi) is 4.85. The lowest BCUT2D eigenvalue weighted by molar-refractivity contribution is -0.384. The maximum absolute atomic E-state index is 11.3. The smallest absolute Gasteiger partial charge is 0.269 e. The van der Waals surface area contributed by atoms with Crippen molar-refractivity contribution in [2.45, 2.75) is 20.8 Å². The van der Waals surface area contributed by atoms with E-state index in [0.29, 0.717) is 5.69 Å². The second-order valence-electron chi connectivity index (χ2n) is 5.08. The number of non-ortho nitro benzene ring substituents is 1. The number of carbonyl (C=O) groups excluding carboxylic acids is 1. The highest BCUT2D eigenvalue weighted by atomic mass is 16.6. The van der Waals surface area contributed by atoms with Crippen molar-refractivity contribution in [3.05, 3.63) is 46.8 Å². The van der Waals surface area contributed by atoms with Crippen molar-refractivity contribution in [1.82, 2.24) is 0 Å². The lowest BCUT2D eigenvalue weighted by atomic mass is 9.90. The number of nitro benzene ring substituents is 1. The molecule has 1 aromatic rings. The molecule has 108 valence electrons. The summed E-state index contributed by atoms with van der Waals surface area (Å²) in [4.78, 5) is 21.4. The molecule has 0 spiro atoms. The van der Waals surface area contributed by atoms with Gasteiger partial charge in [0.2, 0.25) is 0 Å². The monoisotopic (exact) mass is 278 g/mol. The number of nitrogens with one attached hydrogen (secondary N) is 1. The Balaban J connectivity index is 2.54. The average Bonchev–Trinajstić information content (AvgIpc) is 2.37. The molecule has 0 bridgehead atoms. The quantitative estimate of drug-likeness (QED) is 0.471. The van der Waals surface area contributed by atoms with Gasteiger partial charge in [-0.3, -0.25) is 14.9 Å². The van der Waals surface area contributed by atoms with Crippen LogP contribution >= 0.6 is 0 Å². The molecule has 20 heavy (non-hydrogen) atoms. The van der Waals surface area contributed by atoms with Crippen LogP contribution in [0.15, 0.2) is 36.7 Å². The first-order valence-electron chi connectivity index (χ1n) is 6.06. The fraction of sp³-hybridized carbons (Fsp3) is 0.357. The Morgan fingerprint density at radius 2 is 1.95 bits per heavy atom. The predicted octanol–water partition coefficient (Wildman–Crippen LogP) is 3.11. The highest BCUT2D eigenvalue weighted by molar-refractivity contribution is 5.81.